The normalized spacial score (nSPS) is 11.5. The highest BCUT2D eigenvalue weighted by atomic mass is 35.5. The first-order chi connectivity index (χ1) is 16.2. The number of rotatable bonds is 6. The first kappa shape index (κ1) is 23.7. The molecule has 4 rings (SSSR count). The summed E-state index contributed by atoms with van der Waals surface area (Å²) in [6.07, 6.45) is 1.93. The molecule has 0 aliphatic carbocycles. The summed E-state index contributed by atoms with van der Waals surface area (Å²) in [5, 5.41) is 3.55. The van der Waals surface area contributed by atoms with Gasteiger partial charge in [-0.15, -0.1) is 0 Å². The monoisotopic (exact) mass is 494 g/mol. The fraction of sp³-hybridized carbons (Fsp3) is 0.154. The highest BCUT2D eigenvalue weighted by Crippen LogP contribution is 2.23. The van der Waals surface area contributed by atoms with Gasteiger partial charge in [0.25, 0.3) is 0 Å². The fourth-order valence-corrected chi connectivity index (χ4v) is 5.28. The number of hydrogen-bond acceptors (Lipinski definition) is 4. The van der Waals surface area contributed by atoms with Gasteiger partial charge in [0.1, 0.15) is 11.4 Å². The van der Waals surface area contributed by atoms with Crippen LogP contribution in [0.25, 0.3) is 10.9 Å². The second kappa shape index (κ2) is 9.44. The van der Waals surface area contributed by atoms with Gasteiger partial charge in [0.15, 0.2) is 0 Å². The molecule has 4 aromatic rings. The van der Waals surface area contributed by atoms with Crippen molar-refractivity contribution in [2.24, 2.45) is 0 Å². The van der Waals surface area contributed by atoms with Gasteiger partial charge in [0.05, 0.1) is 10.4 Å². The molecule has 174 valence electrons. The lowest BCUT2D eigenvalue weighted by Gasteiger charge is -2.15. The number of nitrogens with one attached hydrogen (secondary N) is 1. The van der Waals surface area contributed by atoms with Crippen LogP contribution in [-0.2, 0) is 27.6 Å². The van der Waals surface area contributed by atoms with Crippen LogP contribution in [0.15, 0.2) is 87.5 Å². The molecule has 3 aromatic carbocycles. The second-order valence-corrected chi connectivity index (χ2v) is 10.3. The van der Waals surface area contributed by atoms with E-state index in [1.807, 2.05) is 19.9 Å². The molecule has 0 aliphatic heterocycles. The molecule has 0 saturated heterocycles. The van der Waals surface area contributed by atoms with E-state index >= 15 is 0 Å². The number of pyridine rings is 1. The Labute approximate surface area is 202 Å². The number of hydrogen-bond donors (Lipinski definition) is 1. The summed E-state index contributed by atoms with van der Waals surface area (Å²) in [6.45, 7) is 3.62. The zero-order chi connectivity index (χ0) is 24.5. The zero-order valence-electron chi connectivity index (χ0n) is 18.7. The fourth-order valence-electron chi connectivity index (χ4n) is 3.71. The second-order valence-electron chi connectivity index (χ2n) is 7.98. The van der Waals surface area contributed by atoms with Gasteiger partial charge in [0.2, 0.25) is 21.2 Å². The van der Waals surface area contributed by atoms with E-state index in [2.05, 4.69) is 5.32 Å². The third-order valence-corrected chi connectivity index (χ3v) is 7.80. The number of fused-ring (bicyclic) bond motifs is 1. The Hall–Kier alpha value is -3.42. The first-order valence-electron chi connectivity index (χ1n) is 10.7. The van der Waals surface area contributed by atoms with Crippen LogP contribution < -0.4 is 10.7 Å². The van der Waals surface area contributed by atoms with Crippen molar-refractivity contribution < 1.29 is 13.2 Å². The molecule has 8 heteroatoms. The van der Waals surface area contributed by atoms with Gasteiger partial charge < -0.3 is 9.88 Å². The van der Waals surface area contributed by atoms with Gasteiger partial charge in [0, 0.05) is 22.3 Å². The Morgan fingerprint density at radius 1 is 1.03 bits per heavy atom. The maximum atomic E-state index is 13.3. The number of benzene rings is 3. The number of aryl methyl sites for hydroxylation is 2. The standard InChI is InChI=1S/C26H23ClN2O4S/c1-3-18-10-12-23-21(13-18)26(31)24(34(32,33)20-7-5-4-6-8-20)15-29(23)16-25(30)28-19-11-9-17(2)22(27)14-19/h4-15H,3,16H2,1-2H3,(H,28,30). The van der Waals surface area contributed by atoms with E-state index in [4.69, 9.17) is 11.6 Å². The van der Waals surface area contributed by atoms with Crippen molar-refractivity contribution in [3.05, 3.63) is 99.3 Å². The minimum Gasteiger partial charge on any atom is -0.336 e. The summed E-state index contributed by atoms with van der Waals surface area (Å²) in [6, 6.07) is 18.3. The number of amides is 1. The molecule has 0 saturated carbocycles. The van der Waals surface area contributed by atoms with Crippen LogP contribution in [0, 0.1) is 6.92 Å². The molecule has 0 radical (unpaired) electrons. The van der Waals surface area contributed by atoms with Crippen molar-refractivity contribution in [2.45, 2.75) is 36.6 Å². The maximum Gasteiger partial charge on any atom is 0.244 e. The lowest BCUT2D eigenvalue weighted by Crippen LogP contribution is -2.24. The minimum atomic E-state index is -4.09. The van der Waals surface area contributed by atoms with Crippen LogP contribution in [-0.4, -0.2) is 18.9 Å². The van der Waals surface area contributed by atoms with Gasteiger partial charge in [-0.1, -0.05) is 48.9 Å². The van der Waals surface area contributed by atoms with Gasteiger partial charge >= 0.3 is 0 Å². The summed E-state index contributed by atoms with van der Waals surface area (Å²) < 4.78 is 28.1. The molecule has 1 aromatic heterocycles. The third-order valence-electron chi connectivity index (χ3n) is 5.63. The van der Waals surface area contributed by atoms with E-state index in [1.54, 1.807) is 48.5 Å². The molecule has 1 amide bonds. The van der Waals surface area contributed by atoms with Crippen LogP contribution in [0.3, 0.4) is 0 Å². The van der Waals surface area contributed by atoms with E-state index in [1.165, 1.54) is 22.9 Å². The topological polar surface area (TPSA) is 85.2 Å². The number of carbonyl (C=O) groups excluding carboxylic acids is 1. The number of aromatic nitrogens is 1. The lowest BCUT2D eigenvalue weighted by molar-refractivity contribution is -0.116. The van der Waals surface area contributed by atoms with Crippen molar-refractivity contribution in [3.8, 4) is 0 Å². The van der Waals surface area contributed by atoms with Crippen molar-refractivity contribution in [2.75, 3.05) is 5.32 Å². The highest BCUT2D eigenvalue weighted by Gasteiger charge is 2.24. The molecule has 34 heavy (non-hydrogen) atoms. The quantitative estimate of drug-likeness (QED) is 0.409. The molecule has 6 nitrogen and oxygen atoms in total. The van der Waals surface area contributed by atoms with Gasteiger partial charge in [-0.3, -0.25) is 9.59 Å². The smallest absolute Gasteiger partial charge is 0.244 e. The van der Waals surface area contributed by atoms with Gasteiger partial charge in [-0.25, -0.2) is 8.42 Å². The van der Waals surface area contributed by atoms with Crippen molar-refractivity contribution in [1.29, 1.82) is 0 Å². The van der Waals surface area contributed by atoms with E-state index in [0.29, 0.717) is 22.6 Å². The van der Waals surface area contributed by atoms with Crippen molar-refractivity contribution in [3.63, 3.8) is 0 Å². The van der Waals surface area contributed by atoms with Crippen molar-refractivity contribution in [1.82, 2.24) is 4.57 Å². The predicted molar refractivity (Wildman–Crippen MR) is 134 cm³/mol. The Morgan fingerprint density at radius 2 is 1.76 bits per heavy atom. The lowest BCUT2D eigenvalue weighted by atomic mass is 10.1. The molecular formula is C26H23ClN2O4S. The number of carbonyl (C=O) groups is 1. The number of nitrogens with zero attached hydrogens (tertiary/aromatic N) is 1. The summed E-state index contributed by atoms with van der Waals surface area (Å²) in [4.78, 5) is 25.8. The molecular weight excluding hydrogens is 472 g/mol. The Balaban J connectivity index is 1.82. The minimum absolute atomic E-state index is 0.0170. The first-order valence-corrected chi connectivity index (χ1v) is 12.6. The largest absolute Gasteiger partial charge is 0.336 e. The van der Waals surface area contributed by atoms with E-state index in [-0.39, 0.29) is 27.6 Å². The Bertz CT molecular complexity index is 1560. The molecule has 0 spiro atoms. The van der Waals surface area contributed by atoms with E-state index < -0.39 is 15.3 Å². The van der Waals surface area contributed by atoms with Crippen LogP contribution >= 0.6 is 11.6 Å². The van der Waals surface area contributed by atoms with Crippen LogP contribution in [0.2, 0.25) is 5.02 Å². The van der Waals surface area contributed by atoms with Crippen LogP contribution in [0.5, 0.6) is 0 Å². The average molecular weight is 495 g/mol. The average Bonchev–Trinajstić information content (AvgIpc) is 2.83. The van der Waals surface area contributed by atoms with Gasteiger partial charge in [-0.2, -0.15) is 0 Å². The van der Waals surface area contributed by atoms with Crippen LogP contribution in [0.4, 0.5) is 5.69 Å². The molecule has 0 bridgehead atoms. The molecule has 0 unspecified atom stereocenters. The van der Waals surface area contributed by atoms with E-state index in [0.717, 1.165) is 11.1 Å². The maximum absolute atomic E-state index is 13.3. The van der Waals surface area contributed by atoms with Crippen molar-refractivity contribution >= 4 is 43.9 Å². The molecule has 1 N–H and O–H groups in total. The summed E-state index contributed by atoms with van der Waals surface area (Å²) in [5.74, 6) is -0.382. The number of sulfone groups is 1. The third kappa shape index (κ3) is 4.62. The molecule has 1 heterocycles. The van der Waals surface area contributed by atoms with Gasteiger partial charge in [-0.05, 0) is 60.9 Å². The predicted octanol–water partition coefficient (Wildman–Crippen LogP) is 5.00. The Morgan fingerprint density at radius 3 is 2.44 bits per heavy atom. The summed E-state index contributed by atoms with van der Waals surface area (Å²) in [7, 11) is -4.09. The molecule has 0 fully saturated rings. The summed E-state index contributed by atoms with van der Waals surface area (Å²) in [5.41, 5.74) is 2.19. The Kier molecular flexibility index (Phi) is 6.59. The molecule has 0 atom stereocenters. The van der Waals surface area contributed by atoms with Crippen LogP contribution in [0.1, 0.15) is 18.1 Å². The number of halogens is 1. The highest BCUT2D eigenvalue weighted by molar-refractivity contribution is 7.91. The SMILES string of the molecule is CCc1ccc2c(c1)c(=O)c(S(=O)(=O)c1ccccc1)cn2CC(=O)Nc1ccc(C)c(Cl)c1. The number of anilines is 1. The summed E-state index contributed by atoms with van der Waals surface area (Å²) >= 11 is 6.15. The zero-order valence-corrected chi connectivity index (χ0v) is 20.3. The van der Waals surface area contributed by atoms with E-state index in [9.17, 15) is 18.0 Å². The molecule has 0 aliphatic rings.